The monoisotopic (exact) mass is 342 g/mol. The Kier molecular flexibility index (Phi) is 6.15. The number of hydrogen-bond donors (Lipinski definition) is 2. The molecule has 0 unspecified atom stereocenters. The molecule has 0 bridgehead atoms. The molecule has 1 heterocycles. The van der Waals surface area contributed by atoms with Crippen molar-refractivity contribution in [1.29, 1.82) is 5.26 Å². The average molecular weight is 342 g/mol. The van der Waals surface area contributed by atoms with Crippen LogP contribution in [-0.4, -0.2) is 21.1 Å². The van der Waals surface area contributed by atoms with Crippen molar-refractivity contribution in [3.63, 3.8) is 0 Å². The van der Waals surface area contributed by atoms with Crippen LogP contribution in [0.2, 0.25) is 0 Å². The van der Waals surface area contributed by atoms with Gasteiger partial charge >= 0.3 is 0 Å². The van der Waals surface area contributed by atoms with Gasteiger partial charge in [-0.05, 0) is 25.5 Å². The molecule has 0 saturated carbocycles. The predicted molar refractivity (Wildman–Crippen MR) is 94.0 cm³/mol. The summed E-state index contributed by atoms with van der Waals surface area (Å²) in [6.45, 7) is 3.74. The Balaban J connectivity index is 2.09. The van der Waals surface area contributed by atoms with Crippen molar-refractivity contribution in [3.05, 3.63) is 51.9 Å². The Morgan fingerprint density at radius 2 is 2.21 bits per heavy atom. The van der Waals surface area contributed by atoms with E-state index in [1.807, 2.05) is 13.0 Å². The van der Waals surface area contributed by atoms with Crippen LogP contribution in [0.25, 0.3) is 0 Å². The summed E-state index contributed by atoms with van der Waals surface area (Å²) in [7, 11) is 0. The molecule has 2 rings (SSSR count). The number of aryl methyl sites for hydroxylation is 1. The second kappa shape index (κ2) is 8.31. The van der Waals surface area contributed by atoms with Gasteiger partial charge in [0.05, 0.1) is 16.5 Å². The summed E-state index contributed by atoms with van der Waals surface area (Å²) < 4.78 is 0. The summed E-state index contributed by atoms with van der Waals surface area (Å²) >= 11 is 1.18. The van der Waals surface area contributed by atoms with Gasteiger partial charge in [-0.1, -0.05) is 37.2 Å². The van der Waals surface area contributed by atoms with E-state index in [9.17, 15) is 9.59 Å². The van der Waals surface area contributed by atoms with Gasteiger partial charge < -0.3 is 10.3 Å². The van der Waals surface area contributed by atoms with E-state index < -0.39 is 5.25 Å². The molecule has 0 aliphatic carbocycles. The molecular formula is C17H18N4O2S. The number of aromatic nitrogens is 2. The second-order valence-corrected chi connectivity index (χ2v) is 6.53. The number of carbonyl (C=O) groups is 1. The molecule has 2 aromatic rings. The summed E-state index contributed by atoms with van der Waals surface area (Å²) in [5.41, 5.74) is 1.36. The lowest BCUT2D eigenvalue weighted by Gasteiger charge is -2.12. The summed E-state index contributed by atoms with van der Waals surface area (Å²) in [6.07, 6.45) is 1.61. The highest BCUT2D eigenvalue weighted by Gasteiger charge is 2.17. The zero-order valence-corrected chi connectivity index (χ0v) is 14.3. The molecule has 7 heteroatoms. The van der Waals surface area contributed by atoms with Gasteiger partial charge in [-0.25, -0.2) is 4.98 Å². The number of nitrogens with one attached hydrogen (secondary N) is 2. The lowest BCUT2D eigenvalue weighted by atomic mass is 10.2. The zero-order chi connectivity index (χ0) is 17.5. The SMILES string of the molecule is CCCc1cc(=O)[nH]c(S[C@@H](C)C(=O)Nc2ccccc2C#N)n1. The first-order chi connectivity index (χ1) is 11.5. The Morgan fingerprint density at radius 3 is 2.92 bits per heavy atom. The number of nitrogens with zero attached hydrogens (tertiary/aromatic N) is 2. The molecule has 0 saturated heterocycles. The van der Waals surface area contributed by atoms with E-state index in [-0.39, 0.29) is 11.5 Å². The number of nitriles is 1. The van der Waals surface area contributed by atoms with E-state index in [1.165, 1.54) is 17.8 Å². The fourth-order valence-electron chi connectivity index (χ4n) is 2.07. The van der Waals surface area contributed by atoms with Crippen LogP contribution in [0.3, 0.4) is 0 Å². The van der Waals surface area contributed by atoms with Crippen molar-refractivity contribution in [2.75, 3.05) is 5.32 Å². The second-order valence-electron chi connectivity index (χ2n) is 5.20. The van der Waals surface area contributed by atoms with E-state index in [4.69, 9.17) is 5.26 Å². The molecule has 0 fully saturated rings. The number of rotatable bonds is 6. The van der Waals surface area contributed by atoms with Crippen LogP contribution >= 0.6 is 11.8 Å². The molecule has 2 N–H and O–H groups in total. The summed E-state index contributed by atoms with van der Waals surface area (Å²) in [6, 6.07) is 10.3. The van der Waals surface area contributed by atoms with Gasteiger partial charge in [0.2, 0.25) is 5.91 Å². The standard InChI is InChI=1S/C17H18N4O2S/c1-3-6-13-9-15(22)21-17(19-13)24-11(2)16(23)20-14-8-5-4-7-12(14)10-18/h4-5,7-9,11H,3,6H2,1-2H3,(H,20,23)(H,19,21,22)/t11-/m0/s1. The molecule has 0 radical (unpaired) electrons. The molecular weight excluding hydrogens is 324 g/mol. The minimum atomic E-state index is -0.475. The number of hydrogen-bond acceptors (Lipinski definition) is 5. The third-order valence-corrected chi connectivity index (χ3v) is 4.23. The lowest BCUT2D eigenvalue weighted by molar-refractivity contribution is -0.115. The van der Waals surface area contributed by atoms with Crippen LogP contribution in [0.5, 0.6) is 0 Å². The van der Waals surface area contributed by atoms with Crippen LogP contribution in [0.1, 0.15) is 31.5 Å². The number of benzene rings is 1. The first kappa shape index (κ1) is 17.8. The molecule has 0 aliphatic heterocycles. The Labute approximate surface area is 144 Å². The molecule has 124 valence electrons. The zero-order valence-electron chi connectivity index (χ0n) is 13.5. The summed E-state index contributed by atoms with van der Waals surface area (Å²) in [5.74, 6) is -0.258. The van der Waals surface area contributed by atoms with Crippen molar-refractivity contribution in [3.8, 4) is 6.07 Å². The molecule has 1 aromatic heterocycles. The van der Waals surface area contributed by atoms with E-state index in [2.05, 4.69) is 15.3 Å². The molecule has 1 atom stereocenters. The highest BCUT2D eigenvalue weighted by atomic mass is 32.2. The number of aromatic amines is 1. The van der Waals surface area contributed by atoms with Crippen molar-refractivity contribution >= 4 is 23.4 Å². The molecule has 1 aromatic carbocycles. The smallest absolute Gasteiger partial charge is 0.251 e. The van der Waals surface area contributed by atoms with Crippen molar-refractivity contribution in [1.82, 2.24) is 9.97 Å². The third kappa shape index (κ3) is 4.70. The number of carbonyl (C=O) groups excluding carboxylic acids is 1. The predicted octanol–water partition coefficient (Wildman–Crippen LogP) is 2.71. The molecule has 0 spiro atoms. The number of para-hydroxylation sites is 1. The van der Waals surface area contributed by atoms with Crippen molar-refractivity contribution < 1.29 is 4.79 Å². The van der Waals surface area contributed by atoms with Gasteiger partial charge in [0.15, 0.2) is 5.16 Å². The Bertz CT molecular complexity index is 826. The van der Waals surface area contributed by atoms with Crippen LogP contribution in [0, 0.1) is 11.3 Å². The molecule has 24 heavy (non-hydrogen) atoms. The quantitative estimate of drug-likeness (QED) is 0.621. The van der Waals surface area contributed by atoms with Crippen LogP contribution in [0.15, 0.2) is 40.3 Å². The van der Waals surface area contributed by atoms with E-state index in [1.54, 1.807) is 31.2 Å². The Morgan fingerprint density at radius 1 is 1.46 bits per heavy atom. The van der Waals surface area contributed by atoms with Gasteiger partial charge in [0.1, 0.15) is 6.07 Å². The van der Waals surface area contributed by atoms with E-state index in [0.717, 1.165) is 6.42 Å². The van der Waals surface area contributed by atoms with Crippen LogP contribution in [-0.2, 0) is 11.2 Å². The normalized spacial score (nSPS) is 11.5. The van der Waals surface area contributed by atoms with Crippen LogP contribution in [0.4, 0.5) is 5.69 Å². The highest BCUT2D eigenvalue weighted by Crippen LogP contribution is 2.21. The third-order valence-electron chi connectivity index (χ3n) is 3.24. The van der Waals surface area contributed by atoms with Crippen molar-refractivity contribution in [2.45, 2.75) is 37.1 Å². The van der Waals surface area contributed by atoms with Gasteiger partial charge in [0.25, 0.3) is 5.56 Å². The minimum absolute atomic E-state index is 0.224. The maximum absolute atomic E-state index is 12.3. The fraction of sp³-hybridized carbons (Fsp3) is 0.294. The fourth-order valence-corrected chi connectivity index (χ4v) is 2.90. The lowest BCUT2D eigenvalue weighted by Crippen LogP contribution is -2.23. The van der Waals surface area contributed by atoms with Gasteiger partial charge in [-0.3, -0.25) is 9.59 Å². The number of anilines is 1. The number of thioether (sulfide) groups is 1. The summed E-state index contributed by atoms with van der Waals surface area (Å²) in [4.78, 5) is 31.0. The maximum Gasteiger partial charge on any atom is 0.251 e. The minimum Gasteiger partial charge on any atom is -0.324 e. The topological polar surface area (TPSA) is 98.6 Å². The first-order valence-corrected chi connectivity index (χ1v) is 8.48. The molecule has 1 amide bonds. The van der Waals surface area contributed by atoms with Gasteiger partial charge in [0, 0.05) is 11.8 Å². The molecule has 0 aliphatic rings. The average Bonchev–Trinajstić information content (AvgIpc) is 2.55. The summed E-state index contributed by atoms with van der Waals surface area (Å²) in [5, 5.41) is 11.7. The van der Waals surface area contributed by atoms with Crippen LogP contribution < -0.4 is 10.9 Å². The maximum atomic E-state index is 12.3. The highest BCUT2D eigenvalue weighted by molar-refractivity contribution is 8.00. The number of H-pyrrole nitrogens is 1. The van der Waals surface area contributed by atoms with Gasteiger partial charge in [-0.2, -0.15) is 5.26 Å². The largest absolute Gasteiger partial charge is 0.324 e. The molecule has 6 nitrogen and oxygen atoms in total. The van der Waals surface area contributed by atoms with Crippen molar-refractivity contribution in [2.24, 2.45) is 0 Å². The first-order valence-electron chi connectivity index (χ1n) is 7.60. The number of amides is 1. The Hall–Kier alpha value is -2.59. The van der Waals surface area contributed by atoms with E-state index in [0.29, 0.717) is 28.5 Å². The van der Waals surface area contributed by atoms with E-state index >= 15 is 0 Å². The van der Waals surface area contributed by atoms with Gasteiger partial charge in [-0.15, -0.1) is 0 Å².